The van der Waals surface area contributed by atoms with E-state index in [2.05, 4.69) is 5.92 Å². The number of nitrogens with zero attached hydrogens (tertiary/aromatic N) is 1. The van der Waals surface area contributed by atoms with Crippen LogP contribution in [-0.4, -0.2) is 41.8 Å². The largest absolute Gasteiger partial charge is 0.481 e. The quantitative estimate of drug-likeness (QED) is 0.447. The summed E-state index contributed by atoms with van der Waals surface area (Å²) in [6.45, 7) is 1.67. The van der Waals surface area contributed by atoms with Crippen LogP contribution in [0.25, 0.3) is 6.08 Å². The van der Waals surface area contributed by atoms with Gasteiger partial charge in [-0.3, -0.25) is 14.5 Å². The van der Waals surface area contributed by atoms with Crippen LogP contribution in [0.4, 0.5) is 4.79 Å². The van der Waals surface area contributed by atoms with Crippen molar-refractivity contribution < 1.29 is 23.9 Å². The van der Waals surface area contributed by atoms with Crippen molar-refractivity contribution in [1.29, 1.82) is 0 Å². The van der Waals surface area contributed by atoms with Crippen molar-refractivity contribution in [3.63, 3.8) is 0 Å². The maximum Gasteiger partial charge on any atom is 0.344 e. The molecule has 1 aliphatic rings. The minimum atomic E-state index is -0.485. The molecule has 1 heterocycles. The molecule has 0 spiro atoms. The number of hydrogen-bond acceptors (Lipinski definition) is 6. The molecule has 1 aromatic rings. The first-order valence-electron chi connectivity index (χ1n) is 7.13. The smallest absolute Gasteiger partial charge is 0.344 e. The fraction of sp³-hybridized carbons (Fsp3) is 0.235. The van der Waals surface area contributed by atoms with Crippen molar-refractivity contribution in [3.8, 4) is 18.1 Å². The summed E-state index contributed by atoms with van der Waals surface area (Å²) in [6, 6.07) is 6.88. The number of terminal acetylenes is 1. The molecule has 6 nitrogen and oxygen atoms in total. The van der Waals surface area contributed by atoms with Gasteiger partial charge in [0, 0.05) is 5.56 Å². The maximum atomic E-state index is 12.2. The second kappa shape index (κ2) is 8.22. The number of imide groups is 1. The van der Waals surface area contributed by atoms with E-state index in [-0.39, 0.29) is 24.7 Å². The van der Waals surface area contributed by atoms with Gasteiger partial charge in [-0.2, -0.15) is 0 Å². The van der Waals surface area contributed by atoms with Gasteiger partial charge in [-0.25, -0.2) is 4.79 Å². The monoisotopic (exact) mass is 345 g/mol. The number of thioether (sulfide) groups is 1. The van der Waals surface area contributed by atoms with Gasteiger partial charge in [0.15, 0.2) is 6.61 Å². The van der Waals surface area contributed by atoms with Crippen LogP contribution in [0.2, 0.25) is 0 Å². The molecular formula is C17H15NO5S. The van der Waals surface area contributed by atoms with Gasteiger partial charge in [0.05, 0.1) is 18.1 Å². The van der Waals surface area contributed by atoms with Gasteiger partial charge in [0.1, 0.15) is 5.75 Å². The molecule has 1 fully saturated rings. The number of para-hydroxylation sites is 1. The van der Waals surface area contributed by atoms with E-state index >= 15 is 0 Å². The molecule has 124 valence electrons. The Balaban J connectivity index is 2.18. The van der Waals surface area contributed by atoms with E-state index in [0.717, 1.165) is 16.7 Å². The van der Waals surface area contributed by atoms with Crippen molar-refractivity contribution in [2.75, 3.05) is 19.8 Å². The van der Waals surface area contributed by atoms with Crippen LogP contribution in [0, 0.1) is 12.3 Å². The van der Waals surface area contributed by atoms with Crippen LogP contribution >= 0.6 is 11.8 Å². The summed E-state index contributed by atoms with van der Waals surface area (Å²) in [5.74, 6) is 1.76. The van der Waals surface area contributed by atoms with E-state index in [1.54, 1.807) is 37.3 Å². The molecule has 0 bridgehead atoms. The number of ether oxygens (including phenoxy) is 2. The van der Waals surface area contributed by atoms with E-state index in [9.17, 15) is 14.4 Å². The lowest BCUT2D eigenvalue weighted by atomic mass is 10.2. The van der Waals surface area contributed by atoms with Crippen LogP contribution in [0.15, 0.2) is 29.2 Å². The van der Waals surface area contributed by atoms with Gasteiger partial charge in [0.2, 0.25) is 0 Å². The summed E-state index contributed by atoms with van der Waals surface area (Å²) in [6.07, 6.45) is 6.70. The van der Waals surface area contributed by atoms with Gasteiger partial charge in [-0.1, -0.05) is 24.1 Å². The Morgan fingerprint density at radius 1 is 1.38 bits per heavy atom. The predicted molar refractivity (Wildman–Crippen MR) is 90.1 cm³/mol. The number of rotatable bonds is 6. The lowest BCUT2D eigenvalue weighted by Gasteiger charge is -2.09. The summed E-state index contributed by atoms with van der Waals surface area (Å²) in [5.41, 5.74) is 0.577. The molecule has 0 unspecified atom stereocenters. The summed E-state index contributed by atoms with van der Waals surface area (Å²) in [7, 11) is 0. The number of carbonyl (C=O) groups excluding carboxylic acids is 3. The highest BCUT2D eigenvalue weighted by atomic mass is 32.2. The fourth-order valence-electron chi connectivity index (χ4n) is 1.94. The van der Waals surface area contributed by atoms with E-state index in [0.29, 0.717) is 11.3 Å². The van der Waals surface area contributed by atoms with E-state index in [4.69, 9.17) is 15.9 Å². The number of amides is 2. The molecule has 24 heavy (non-hydrogen) atoms. The number of hydrogen-bond donors (Lipinski definition) is 0. The first kappa shape index (κ1) is 17.6. The Bertz CT molecular complexity index is 735. The molecule has 0 aliphatic carbocycles. The Morgan fingerprint density at radius 2 is 2.12 bits per heavy atom. The van der Waals surface area contributed by atoms with Gasteiger partial charge in [-0.05, 0) is 30.8 Å². The number of esters is 1. The zero-order valence-corrected chi connectivity index (χ0v) is 13.8. The summed E-state index contributed by atoms with van der Waals surface area (Å²) < 4.78 is 10.2. The number of carbonyl (C=O) groups is 3. The van der Waals surface area contributed by atoms with Crippen LogP contribution < -0.4 is 4.74 Å². The third kappa shape index (κ3) is 4.18. The lowest BCUT2D eigenvalue weighted by Crippen LogP contribution is -2.28. The first-order valence-corrected chi connectivity index (χ1v) is 7.94. The molecule has 1 aliphatic heterocycles. The molecule has 2 amide bonds. The summed E-state index contributed by atoms with van der Waals surface area (Å²) in [5, 5.41) is -0.408. The molecular weight excluding hydrogens is 330 g/mol. The third-order valence-electron chi connectivity index (χ3n) is 2.98. The Hall–Kier alpha value is -2.72. The Morgan fingerprint density at radius 3 is 2.83 bits per heavy atom. The first-order chi connectivity index (χ1) is 11.6. The fourth-order valence-corrected chi connectivity index (χ4v) is 2.77. The highest BCUT2D eigenvalue weighted by molar-refractivity contribution is 8.18. The molecule has 0 saturated carbocycles. The normalized spacial score (nSPS) is 15.5. The van der Waals surface area contributed by atoms with Crippen LogP contribution in [0.5, 0.6) is 5.75 Å². The second-order valence-corrected chi connectivity index (χ2v) is 5.60. The lowest BCUT2D eigenvalue weighted by molar-refractivity contribution is -0.145. The summed E-state index contributed by atoms with van der Waals surface area (Å²) in [4.78, 5) is 36.6. The average Bonchev–Trinajstić information content (AvgIpc) is 2.82. The standard InChI is InChI=1S/C17H15NO5S/c1-3-9-18-16(20)14(24-17(18)21)10-12-7-5-6-8-13(12)23-11-15(19)22-4-2/h1,5-8,10H,4,9,11H2,2H3/b14-10+. The molecule has 1 saturated heterocycles. The predicted octanol–water partition coefficient (Wildman–Crippen LogP) is 2.30. The van der Waals surface area contributed by atoms with Crippen LogP contribution in [0.1, 0.15) is 12.5 Å². The number of benzene rings is 1. The van der Waals surface area contributed by atoms with Crippen LogP contribution in [0.3, 0.4) is 0 Å². The van der Waals surface area contributed by atoms with Crippen molar-refractivity contribution in [2.24, 2.45) is 0 Å². The van der Waals surface area contributed by atoms with Gasteiger partial charge >= 0.3 is 5.97 Å². The van der Waals surface area contributed by atoms with Gasteiger partial charge in [-0.15, -0.1) is 6.42 Å². The molecule has 0 radical (unpaired) electrons. The van der Waals surface area contributed by atoms with Crippen LogP contribution in [-0.2, 0) is 14.3 Å². The van der Waals surface area contributed by atoms with Crippen molar-refractivity contribution in [2.45, 2.75) is 6.92 Å². The SMILES string of the molecule is C#CCN1C(=O)S/C(=C/c2ccccc2OCC(=O)OCC)C1=O. The minimum Gasteiger partial charge on any atom is -0.481 e. The zero-order valence-electron chi connectivity index (χ0n) is 13.0. The second-order valence-electron chi connectivity index (χ2n) is 4.60. The maximum absolute atomic E-state index is 12.2. The highest BCUT2D eigenvalue weighted by Crippen LogP contribution is 2.33. The molecule has 1 aromatic carbocycles. The van der Waals surface area contributed by atoms with Crippen molar-refractivity contribution in [3.05, 3.63) is 34.7 Å². The Kier molecular flexibility index (Phi) is 6.04. The molecule has 0 aromatic heterocycles. The van der Waals surface area contributed by atoms with Crippen molar-refractivity contribution in [1.82, 2.24) is 4.90 Å². The van der Waals surface area contributed by atoms with Gasteiger partial charge < -0.3 is 9.47 Å². The highest BCUT2D eigenvalue weighted by Gasteiger charge is 2.34. The molecule has 7 heteroatoms. The van der Waals surface area contributed by atoms with Crippen molar-refractivity contribution >= 4 is 35.0 Å². The van der Waals surface area contributed by atoms with E-state index < -0.39 is 17.1 Å². The molecule has 0 N–H and O–H groups in total. The molecule has 2 rings (SSSR count). The molecule has 0 atom stereocenters. The van der Waals surface area contributed by atoms with E-state index in [1.165, 1.54) is 0 Å². The van der Waals surface area contributed by atoms with Gasteiger partial charge in [0.25, 0.3) is 11.1 Å². The Labute approximate surface area is 143 Å². The van der Waals surface area contributed by atoms with E-state index in [1.807, 2.05) is 0 Å². The third-order valence-corrected chi connectivity index (χ3v) is 3.89. The summed E-state index contributed by atoms with van der Waals surface area (Å²) >= 11 is 0.814. The average molecular weight is 345 g/mol. The topological polar surface area (TPSA) is 72.9 Å². The zero-order chi connectivity index (χ0) is 17.5. The minimum absolute atomic E-state index is 0.0665.